The van der Waals surface area contributed by atoms with Gasteiger partial charge in [-0.15, -0.1) is 12.4 Å². The van der Waals surface area contributed by atoms with Crippen LogP contribution in [0.3, 0.4) is 0 Å². The summed E-state index contributed by atoms with van der Waals surface area (Å²) in [5.41, 5.74) is 6.36. The first-order valence-corrected chi connectivity index (χ1v) is 6.50. The summed E-state index contributed by atoms with van der Waals surface area (Å²) in [5.74, 6) is -1.47. The van der Waals surface area contributed by atoms with Crippen molar-refractivity contribution >= 4 is 24.3 Å². The third-order valence-electron chi connectivity index (χ3n) is 2.93. The van der Waals surface area contributed by atoms with Gasteiger partial charge in [-0.1, -0.05) is 25.5 Å². The quantitative estimate of drug-likeness (QED) is 0.600. The highest BCUT2D eigenvalue weighted by Gasteiger charge is 2.23. The molecule has 0 unspecified atom stereocenters. The van der Waals surface area contributed by atoms with Crippen LogP contribution in [-0.2, 0) is 16.0 Å². The molecule has 0 aliphatic carbocycles. The molecule has 0 aromatic heterocycles. The van der Waals surface area contributed by atoms with Crippen LogP contribution in [-0.4, -0.2) is 34.2 Å². The number of nitrogens with one attached hydrogen (secondary N) is 1. The SMILES string of the molecule is CCC[C@@H](N)C(=O)N[C@H](Cc1ccc(O)cc1)C(=O)O.Cl. The lowest BCUT2D eigenvalue weighted by molar-refractivity contribution is -0.142. The maximum Gasteiger partial charge on any atom is 0.326 e. The van der Waals surface area contributed by atoms with Crippen molar-refractivity contribution in [3.05, 3.63) is 29.8 Å². The lowest BCUT2D eigenvalue weighted by Gasteiger charge is -2.17. The molecule has 1 aromatic rings. The Morgan fingerprint density at radius 1 is 1.29 bits per heavy atom. The van der Waals surface area contributed by atoms with Crippen LogP contribution in [0.5, 0.6) is 5.75 Å². The smallest absolute Gasteiger partial charge is 0.326 e. The standard InChI is InChI=1S/C14H20N2O4.ClH/c1-2-3-11(15)13(18)16-12(14(19)20)8-9-4-6-10(17)7-5-9;/h4-7,11-12,17H,2-3,8,15H2,1H3,(H,16,18)(H,19,20);1H/t11-,12-;/m1./s1. The van der Waals surface area contributed by atoms with Gasteiger partial charge < -0.3 is 21.3 Å². The second kappa shape index (κ2) is 9.20. The molecule has 0 spiro atoms. The van der Waals surface area contributed by atoms with Crippen molar-refractivity contribution in [3.63, 3.8) is 0 Å². The van der Waals surface area contributed by atoms with Gasteiger partial charge in [0.2, 0.25) is 5.91 Å². The summed E-state index contributed by atoms with van der Waals surface area (Å²) < 4.78 is 0. The summed E-state index contributed by atoms with van der Waals surface area (Å²) >= 11 is 0. The van der Waals surface area contributed by atoms with Gasteiger partial charge in [0.25, 0.3) is 0 Å². The van der Waals surface area contributed by atoms with Crippen LogP contribution in [0.25, 0.3) is 0 Å². The normalized spacial score (nSPS) is 12.9. The van der Waals surface area contributed by atoms with Crippen molar-refractivity contribution < 1.29 is 19.8 Å². The summed E-state index contributed by atoms with van der Waals surface area (Å²) in [6.45, 7) is 1.90. The number of carbonyl (C=O) groups excluding carboxylic acids is 1. The predicted molar refractivity (Wildman–Crippen MR) is 81.5 cm³/mol. The number of carbonyl (C=O) groups is 2. The zero-order valence-corrected chi connectivity index (χ0v) is 12.6. The van der Waals surface area contributed by atoms with Crippen molar-refractivity contribution in [2.75, 3.05) is 0 Å². The fourth-order valence-corrected chi connectivity index (χ4v) is 1.79. The minimum absolute atomic E-state index is 0. The van der Waals surface area contributed by atoms with E-state index in [9.17, 15) is 14.7 Å². The van der Waals surface area contributed by atoms with Crippen molar-refractivity contribution in [2.24, 2.45) is 5.73 Å². The number of hydrogen-bond acceptors (Lipinski definition) is 4. The summed E-state index contributed by atoms with van der Waals surface area (Å²) in [7, 11) is 0. The summed E-state index contributed by atoms with van der Waals surface area (Å²) in [5, 5.41) is 20.8. The van der Waals surface area contributed by atoms with E-state index in [1.54, 1.807) is 12.1 Å². The van der Waals surface area contributed by atoms with Crippen molar-refractivity contribution in [1.82, 2.24) is 5.32 Å². The molecular formula is C14H21ClN2O4. The van der Waals surface area contributed by atoms with E-state index in [4.69, 9.17) is 10.8 Å². The average Bonchev–Trinajstić information content (AvgIpc) is 2.40. The number of carboxylic acid groups (broad SMARTS) is 1. The van der Waals surface area contributed by atoms with E-state index >= 15 is 0 Å². The van der Waals surface area contributed by atoms with Crippen LogP contribution in [0, 0.1) is 0 Å². The highest BCUT2D eigenvalue weighted by molar-refractivity contribution is 5.86. The molecule has 6 nitrogen and oxygen atoms in total. The number of aromatic hydroxyl groups is 1. The van der Waals surface area contributed by atoms with Gasteiger partial charge in [-0.2, -0.15) is 0 Å². The molecule has 0 radical (unpaired) electrons. The van der Waals surface area contributed by atoms with E-state index < -0.39 is 24.0 Å². The Bertz CT molecular complexity index is 465. The van der Waals surface area contributed by atoms with E-state index in [0.717, 1.165) is 6.42 Å². The fourth-order valence-electron chi connectivity index (χ4n) is 1.79. The van der Waals surface area contributed by atoms with E-state index in [1.807, 2.05) is 6.92 Å². The number of phenolic OH excluding ortho intramolecular Hbond substituents is 1. The number of rotatable bonds is 7. The Balaban J connectivity index is 0.00000400. The number of benzene rings is 1. The van der Waals surface area contributed by atoms with Gasteiger partial charge in [-0.05, 0) is 24.1 Å². The van der Waals surface area contributed by atoms with Crippen LogP contribution in [0.1, 0.15) is 25.3 Å². The van der Waals surface area contributed by atoms with Gasteiger partial charge in [-0.25, -0.2) is 4.79 Å². The largest absolute Gasteiger partial charge is 0.508 e. The molecule has 0 aliphatic heterocycles. The van der Waals surface area contributed by atoms with Crippen LogP contribution >= 0.6 is 12.4 Å². The molecule has 5 N–H and O–H groups in total. The molecule has 0 aliphatic rings. The predicted octanol–water partition coefficient (Wildman–Crippen LogP) is 1.05. The maximum absolute atomic E-state index is 11.8. The van der Waals surface area contributed by atoms with Crippen LogP contribution in [0.15, 0.2) is 24.3 Å². The van der Waals surface area contributed by atoms with Gasteiger partial charge in [0, 0.05) is 6.42 Å². The monoisotopic (exact) mass is 316 g/mol. The average molecular weight is 317 g/mol. The number of carboxylic acids is 1. The molecule has 1 aromatic carbocycles. The summed E-state index contributed by atoms with van der Waals surface area (Å²) in [4.78, 5) is 22.9. The molecule has 7 heteroatoms. The van der Waals surface area contributed by atoms with Gasteiger partial charge in [0.1, 0.15) is 11.8 Å². The molecule has 0 heterocycles. The first-order chi connectivity index (χ1) is 9.43. The third-order valence-corrected chi connectivity index (χ3v) is 2.93. The van der Waals surface area contributed by atoms with E-state index in [-0.39, 0.29) is 24.6 Å². The minimum Gasteiger partial charge on any atom is -0.508 e. The number of hydrogen-bond donors (Lipinski definition) is 4. The fraction of sp³-hybridized carbons (Fsp3) is 0.429. The number of phenols is 1. The maximum atomic E-state index is 11.8. The van der Waals surface area contributed by atoms with Crippen molar-refractivity contribution in [1.29, 1.82) is 0 Å². The lowest BCUT2D eigenvalue weighted by Crippen LogP contribution is -2.49. The van der Waals surface area contributed by atoms with Crippen molar-refractivity contribution in [2.45, 2.75) is 38.3 Å². The number of halogens is 1. The Morgan fingerprint density at radius 3 is 2.33 bits per heavy atom. The van der Waals surface area contributed by atoms with E-state index in [0.29, 0.717) is 12.0 Å². The topological polar surface area (TPSA) is 113 Å². The number of nitrogens with two attached hydrogens (primary N) is 1. The number of aliphatic carboxylic acids is 1. The minimum atomic E-state index is -1.12. The van der Waals surface area contributed by atoms with E-state index in [2.05, 4.69) is 5.32 Å². The third kappa shape index (κ3) is 6.46. The lowest BCUT2D eigenvalue weighted by atomic mass is 10.0. The van der Waals surface area contributed by atoms with Crippen LogP contribution in [0.4, 0.5) is 0 Å². The molecule has 1 amide bonds. The molecule has 0 saturated carbocycles. The number of amides is 1. The molecule has 2 atom stereocenters. The Kier molecular flexibility index (Phi) is 8.42. The molecule has 0 bridgehead atoms. The molecule has 118 valence electrons. The highest BCUT2D eigenvalue weighted by atomic mass is 35.5. The first kappa shape index (κ1) is 19.2. The molecular weight excluding hydrogens is 296 g/mol. The Labute approximate surface area is 129 Å². The second-order valence-corrected chi connectivity index (χ2v) is 4.67. The zero-order chi connectivity index (χ0) is 15.1. The highest BCUT2D eigenvalue weighted by Crippen LogP contribution is 2.11. The van der Waals surface area contributed by atoms with E-state index in [1.165, 1.54) is 12.1 Å². The van der Waals surface area contributed by atoms with Crippen LogP contribution in [0.2, 0.25) is 0 Å². The van der Waals surface area contributed by atoms with Gasteiger partial charge in [-0.3, -0.25) is 4.79 Å². The Morgan fingerprint density at radius 2 is 1.86 bits per heavy atom. The molecule has 1 rings (SSSR count). The molecule has 21 heavy (non-hydrogen) atoms. The molecule has 0 fully saturated rings. The van der Waals surface area contributed by atoms with Gasteiger partial charge >= 0.3 is 5.97 Å². The summed E-state index contributed by atoms with van der Waals surface area (Å²) in [6, 6.07) is 4.45. The Hall–Kier alpha value is -1.79. The van der Waals surface area contributed by atoms with Gasteiger partial charge in [0.05, 0.1) is 6.04 Å². The molecule has 0 saturated heterocycles. The first-order valence-electron chi connectivity index (χ1n) is 6.50. The van der Waals surface area contributed by atoms with Crippen molar-refractivity contribution in [3.8, 4) is 5.75 Å². The zero-order valence-electron chi connectivity index (χ0n) is 11.8. The second-order valence-electron chi connectivity index (χ2n) is 4.67. The van der Waals surface area contributed by atoms with Crippen LogP contribution < -0.4 is 11.1 Å². The van der Waals surface area contributed by atoms with Gasteiger partial charge in [0.15, 0.2) is 0 Å². The summed E-state index contributed by atoms with van der Waals surface area (Å²) in [6.07, 6.45) is 1.40.